The van der Waals surface area contributed by atoms with E-state index in [1.807, 2.05) is 30.3 Å². The molecule has 2 amide bonds. The summed E-state index contributed by atoms with van der Waals surface area (Å²) in [5, 5.41) is 14.1. The number of hydroxylamine groups is 2. The molecule has 24 heavy (non-hydrogen) atoms. The van der Waals surface area contributed by atoms with Gasteiger partial charge in [0, 0.05) is 5.39 Å². The van der Waals surface area contributed by atoms with Crippen LogP contribution in [-0.2, 0) is 6.54 Å². The van der Waals surface area contributed by atoms with Crippen LogP contribution in [0.1, 0.15) is 5.56 Å². The molecule has 6 heteroatoms. The van der Waals surface area contributed by atoms with Crippen molar-refractivity contribution in [3.63, 3.8) is 0 Å². The number of carbonyl (C=O) groups excluding carboxylic acids is 1. The van der Waals surface area contributed by atoms with Gasteiger partial charge in [-0.1, -0.05) is 30.3 Å². The molecule has 0 saturated carbocycles. The summed E-state index contributed by atoms with van der Waals surface area (Å²) in [5.74, 6) is 1.10. The van der Waals surface area contributed by atoms with Crippen molar-refractivity contribution < 1.29 is 14.7 Å². The number of ether oxygens (including phenoxy) is 1. The number of pyridine rings is 1. The van der Waals surface area contributed by atoms with Gasteiger partial charge in [-0.25, -0.2) is 14.8 Å². The van der Waals surface area contributed by atoms with Gasteiger partial charge in [0.25, 0.3) is 0 Å². The van der Waals surface area contributed by atoms with Gasteiger partial charge >= 0.3 is 6.03 Å². The van der Waals surface area contributed by atoms with E-state index >= 15 is 0 Å². The highest BCUT2D eigenvalue weighted by molar-refractivity contribution is 5.89. The average Bonchev–Trinajstić information content (AvgIpc) is 2.62. The molecule has 1 heterocycles. The Morgan fingerprint density at radius 3 is 2.62 bits per heavy atom. The molecular formula is C18H17N3O3. The number of amides is 2. The van der Waals surface area contributed by atoms with Crippen molar-refractivity contribution in [3.05, 3.63) is 66.2 Å². The maximum atomic E-state index is 12.1. The Bertz CT molecular complexity index is 850. The summed E-state index contributed by atoms with van der Waals surface area (Å²) >= 11 is 0. The van der Waals surface area contributed by atoms with Crippen LogP contribution in [0.15, 0.2) is 60.7 Å². The van der Waals surface area contributed by atoms with E-state index in [4.69, 9.17) is 4.74 Å². The van der Waals surface area contributed by atoms with Crippen LogP contribution in [0, 0.1) is 0 Å². The Morgan fingerprint density at radius 2 is 1.88 bits per heavy atom. The number of hydrogen-bond donors (Lipinski definition) is 2. The smallest absolute Gasteiger partial charge is 0.347 e. The Hall–Kier alpha value is -3.12. The van der Waals surface area contributed by atoms with Gasteiger partial charge in [0.15, 0.2) is 0 Å². The maximum absolute atomic E-state index is 12.1. The molecule has 0 bridgehead atoms. The third-order valence-electron chi connectivity index (χ3n) is 3.56. The first kappa shape index (κ1) is 15.8. The van der Waals surface area contributed by atoms with Crippen LogP contribution in [0.5, 0.6) is 5.75 Å². The predicted octanol–water partition coefficient (Wildman–Crippen LogP) is 3.67. The summed E-state index contributed by atoms with van der Waals surface area (Å²) in [5.41, 5.74) is 1.55. The van der Waals surface area contributed by atoms with E-state index in [0.717, 1.165) is 16.5 Å². The summed E-state index contributed by atoms with van der Waals surface area (Å²) < 4.78 is 5.07. The van der Waals surface area contributed by atoms with Crippen molar-refractivity contribution in [1.82, 2.24) is 10.0 Å². The molecule has 6 nitrogen and oxygen atoms in total. The molecule has 0 fully saturated rings. The van der Waals surface area contributed by atoms with Gasteiger partial charge in [0.05, 0.1) is 19.2 Å². The molecule has 122 valence electrons. The normalized spacial score (nSPS) is 10.4. The van der Waals surface area contributed by atoms with Gasteiger partial charge in [-0.15, -0.1) is 0 Å². The minimum atomic E-state index is -0.645. The second-order valence-electron chi connectivity index (χ2n) is 5.23. The van der Waals surface area contributed by atoms with E-state index in [0.29, 0.717) is 16.6 Å². The van der Waals surface area contributed by atoms with Gasteiger partial charge < -0.3 is 4.74 Å². The highest BCUT2D eigenvalue weighted by Crippen LogP contribution is 2.16. The molecule has 2 N–H and O–H groups in total. The third kappa shape index (κ3) is 3.61. The molecule has 1 aromatic heterocycles. The lowest BCUT2D eigenvalue weighted by Gasteiger charge is -2.16. The second-order valence-corrected chi connectivity index (χ2v) is 5.23. The number of nitrogens with one attached hydrogen (secondary N) is 1. The highest BCUT2D eigenvalue weighted by Gasteiger charge is 2.12. The molecule has 3 aromatic rings. The summed E-state index contributed by atoms with van der Waals surface area (Å²) in [7, 11) is 1.58. The van der Waals surface area contributed by atoms with Crippen molar-refractivity contribution in [3.8, 4) is 5.75 Å². The molecule has 0 spiro atoms. The number of nitrogens with zero attached hydrogens (tertiary/aromatic N) is 2. The lowest BCUT2D eigenvalue weighted by Crippen LogP contribution is -2.31. The zero-order chi connectivity index (χ0) is 16.9. The summed E-state index contributed by atoms with van der Waals surface area (Å²) in [4.78, 5) is 16.4. The lowest BCUT2D eigenvalue weighted by molar-refractivity contribution is -0.0450. The molecule has 0 radical (unpaired) electrons. The molecule has 0 saturated heterocycles. The number of para-hydroxylation sites is 1. The van der Waals surface area contributed by atoms with E-state index in [9.17, 15) is 10.0 Å². The summed E-state index contributed by atoms with van der Waals surface area (Å²) in [6.45, 7) is 0.0589. The standard InChI is InChI=1S/C18H17N3O3/c1-24-15-9-6-13(7-10-15)12-21(23)18(22)20-17-11-8-14-4-2-3-5-16(14)19-17/h2-11,23H,12H2,1H3,(H,19,20,22). The Labute approximate surface area is 139 Å². The first-order valence-corrected chi connectivity index (χ1v) is 7.42. The van der Waals surface area contributed by atoms with E-state index in [-0.39, 0.29) is 6.54 Å². The average molecular weight is 323 g/mol. The SMILES string of the molecule is COc1ccc(CN(O)C(=O)Nc2ccc3ccccc3n2)cc1. The monoisotopic (exact) mass is 323 g/mol. The number of rotatable bonds is 4. The fourth-order valence-electron chi connectivity index (χ4n) is 2.29. The molecule has 0 aliphatic heterocycles. The minimum Gasteiger partial charge on any atom is -0.497 e. The van der Waals surface area contributed by atoms with E-state index in [1.165, 1.54) is 0 Å². The van der Waals surface area contributed by atoms with Crippen LogP contribution in [-0.4, -0.2) is 28.4 Å². The quantitative estimate of drug-likeness (QED) is 0.567. The Kier molecular flexibility index (Phi) is 4.58. The molecule has 0 unspecified atom stereocenters. The molecular weight excluding hydrogens is 306 g/mol. The zero-order valence-corrected chi connectivity index (χ0v) is 13.1. The highest BCUT2D eigenvalue weighted by atomic mass is 16.5. The van der Waals surface area contributed by atoms with Crippen molar-refractivity contribution >= 4 is 22.8 Å². The number of fused-ring (bicyclic) bond motifs is 1. The van der Waals surface area contributed by atoms with Crippen LogP contribution in [0.25, 0.3) is 10.9 Å². The van der Waals surface area contributed by atoms with Gasteiger partial charge in [-0.2, -0.15) is 0 Å². The van der Waals surface area contributed by atoms with Crippen molar-refractivity contribution in [2.45, 2.75) is 6.54 Å². The minimum absolute atomic E-state index is 0.0589. The summed E-state index contributed by atoms with van der Waals surface area (Å²) in [6, 6.07) is 17.6. The van der Waals surface area contributed by atoms with E-state index in [2.05, 4.69) is 10.3 Å². The first-order chi connectivity index (χ1) is 11.7. The van der Waals surface area contributed by atoms with Crippen LogP contribution in [0.3, 0.4) is 0 Å². The number of benzene rings is 2. The zero-order valence-electron chi connectivity index (χ0n) is 13.1. The molecule has 0 aliphatic carbocycles. The van der Waals surface area contributed by atoms with Crippen molar-refractivity contribution in [2.75, 3.05) is 12.4 Å². The third-order valence-corrected chi connectivity index (χ3v) is 3.56. The fourth-order valence-corrected chi connectivity index (χ4v) is 2.29. The molecule has 0 aliphatic rings. The largest absolute Gasteiger partial charge is 0.497 e. The number of urea groups is 1. The number of methoxy groups -OCH3 is 1. The Morgan fingerprint density at radius 1 is 1.12 bits per heavy atom. The van der Waals surface area contributed by atoms with Crippen LogP contribution < -0.4 is 10.1 Å². The number of aromatic nitrogens is 1. The Balaban J connectivity index is 1.66. The number of anilines is 1. The van der Waals surface area contributed by atoms with Crippen LogP contribution in [0.2, 0.25) is 0 Å². The van der Waals surface area contributed by atoms with Gasteiger partial charge in [-0.3, -0.25) is 10.5 Å². The van der Waals surface area contributed by atoms with Crippen LogP contribution >= 0.6 is 0 Å². The van der Waals surface area contributed by atoms with Crippen molar-refractivity contribution in [1.29, 1.82) is 0 Å². The summed E-state index contributed by atoms with van der Waals surface area (Å²) in [6.07, 6.45) is 0. The predicted molar refractivity (Wildman–Crippen MR) is 91.1 cm³/mol. The molecule has 0 atom stereocenters. The van der Waals surface area contributed by atoms with Gasteiger partial charge in [-0.05, 0) is 35.9 Å². The second kappa shape index (κ2) is 6.97. The lowest BCUT2D eigenvalue weighted by atomic mass is 10.2. The first-order valence-electron chi connectivity index (χ1n) is 7.42. The molecule has 3 rings (SSSR count). The van der Waals surface area contributed by atoms with Gasteiger partial charge in [0.1, 0.15) is 11.6 Å². The maximum Gasteiger partial charge on any atom is 0.347 e. The van der Waals surface area contributed by atoms with E-state index < -0.39 is 6.03 Å². The van der Waals surface area contributed by atoms with Gasteiger partial charge in [0.2, 0.25) is 0 Å². The van der Waals surface area contributed by atoms with E-state index in [1.54, 1.807) is 37.4 Å². The topological polar surface area (TPSA) is 74.7 Å². The number of hydrogen-bond acceptors (Lipinski definition) is 4. The fraction of sp³-hybridized carbons (Fsp3) is 0.111. The number of carbonyl (C=O) groups is 1. The van der Waals surface area contributed by atoms with Crippen LogP contribution in [0.4, 0.5) is 10.6 Å². The van der Waals surface area contributed by atoms with Crippen molar-refractivity contribution in [2.24, 2.45) is 0 Å². The molecule has 2 aromatic carbocycles.